The van der Waals surface area contributed by atoms with E-state index in [1.165, 1.54) is 0 Å². The molecule has 1 aliphatic heterocycles. The van der Waals surface area contributed by atoms with E-state index >= 15 is 0 Å². The van der Waals surface area contributed by atoms with Crippen LogP contribution in [0.1, 0.15) is 31.9 Å². The van der Waals surface area contributed by atoms with Gasteiger partial charge in [-0.3, -0.25) is 4.90 Å². The van der Waals surface area contributed by atoms with E-state index in [2.05, 4.69) is 0 Å². The van der Waals surface area contributed by atoms with Crippen molar-refractivity contribution in [2.45, 2.75) is 39.5 Å². The number of amides is 1. The fraction of sp³-hybridized carbons (Fsp3) is 0.500. The Morgan fingerprint density at radius 3 is 2.58 bits per heavy atom. The Morgan fingerprint density at radius 1 is 1.32 bits per heavy atom. The molecule has 0 spiro atoms. The summed E-state index contributed by atoms with van der Waals surface area (Å²) in [4.78, 5) is 13.7. The minimum Gasteiger partial charge on any atom is -0.495 e. The first-order valence-electron chi connectivity index (χ1n) is 6.24. The van der Waals surface area contributed by atoms with Gasteiger partial charge in [0.15, 0.2) is 0 Å². The molecule has 1 aromatic rings. The highest BCUT2D eigenvalue weighted by molar-refractivity contribution is 5.72. The van der Waals surface area contributed by atoms with Crippen LogP contribution < -0.4 is 10.5 Å². The molecule has 2 N–H and O–H groups in total. The van der Waals surface area contributed by atoms with Crippen LogP contribution in [0.5, 0.6) is 5.75 Å². The Morgan fingerprint density at radius 2 is 2.00 bits per heavy atom. The number of anilines is 1. The summed E-state index contributed by atoms with van der Waals surface area (Å²) in [6.45, 7) is 6.55. The van der Waals surface area contributed by atoms with E-state index in [-0.39, 0.29) is 6.09 Å². The number of carbonyl (C=O) groups excluding carboxylic acids is 1. The maximum absolute atomic E-state index is 12.0. The number of hydrogen-bond donors (Lipinski definition) is 1. The predicted molar refractivity (Wildman–Crippen MR) is 72.9 cm³/mol. The van der Waals surface area contributed by atoms with Gasteiger partial charge in [0.1, 0.15) is 11.4 Å². The monoisotopic (exact) mass is 264 g/mol. The molecule has 0 atom stereocenters. The number of methoxy groups -OCH3 is 1. The number of fused-ring (bicyclic) bond motifs is 1. The summed E-state index contributed by atoms with van der Waals surface area (Å²) in [7, 11) is 1.58. The Balaban J connectivity index is 2.17. The van der Waals surface area contributed by atoms with Crippen molar-refractivity contribution in [3.63, 3.8) is 0 Å². The number of rotatable bonds is 1. The highest BCUT2D eigenvalue weighted by Crippen LogP contribution is 2.34. The second-order valence-corrected chi connectivity index (χ2v) is 5.66. The zero-order valence-electron chi connectivity index (χ0n) is 11.8. The highest BCUT2D eigenvalue weighted by atomic mass is 16.6. The van der Waals surface area contributed by atoms with Gasteiger partial charge in [-0.1, -0.05) is 6.07 Å². The highest BCUT2D eigenvalue weighted by Gasteiger charge is 2.29. The van der Waals surface area contributed by atoms with Crippen LogP contribution in [0.15, 0.2) is 12.1 Å². The number of benzene rings is 1. The third-order valence-electron chi connectivity index (χ3n) is 3.00. The minimum atomic E-state index is -0.491. The first-order chi connectivity index (χ1) is 8.81. The number of nitrogens with zero attached hydrogens (tertiary/aromatic N) is 1. The molecule has 5 heteroatoms. The van der Waals surface area contributed by atoms with Gasteiger partial charge in [0.05, 0.1) is 19.3 Å². The number of carbonyl (C=O) groups is 1. The van der Waals surface area contributed by atoms with Crippen molar-refractivity contribution >= 4 is 11.8 Å². The number of hydrogen-bond acceptors (Lipinski definition) is 4. The van der Waals surface area contributed by atoms with Gasteiger partial charge in [-0.05, 0) is 32.4 Å². The molecule has 104 valence electrons. The van der Waals surface area contributed by atoms with Crippen molar-refractivity contribution in [1.82, 2.24) is 4.90 Å². The van der Waals surface area contributed by atoms with Crippen LogP contribution in [0.4, 0.5) is 10.5 Å². The molecule has 0 unspecified atom stereocenters. The molecule has 0 aromatic heterocycles. The summed E-state index contributed by atoms with van der Waals surface area (Å²) in [5.41, 5.74) is 8.14. The fourth-order valence-corrected chi connectivity index (χ4v) is 2.11. The average Bonchev–Trinajstić information content (AvgIpc) is 2.72. The van der Waals surface area contributed by atoms with E-state index in [9.17, 15) is 4.79 Å². The molecule has 1 amide bonds. The van der Waals surface area contributed by atoms with Crippen LogP contribution in [-0.4, -0.2) is 23.7 Å². The number of nitrogen functional groups attached to an aromatic ring is 1. The fourth-order valence-electron chi connectivity index (χ4n) is 2.11. The Labute approximate surface area is 113 Å². The summed E-state index contributed by atoms with van der Waals surface area (Å²) < 4.78 is 10.6. The van der Waals surface area contributed by atoms with Crippen LogP contribution in [0.3, 0.4) is 0 Å². The lowest BCUT2D eigenvalue weighted by Crippen LogP contribution is -2.33. The molecule has 2 rings (SSSR count). The summed E-state index contributed by atoms with van der Waals surface area (Å²) in [5.74, 6) is 0.643. The van der Waals surface area contributed by atoms with Gasteiger partial charge in [-0.15, -0.1) is 0 Å². The first-order valence-corrected chi connectivity index (χ1v) is 6.24. The molecule has 0 saturated carbocycles. The van der Waals surface area contributed by atoms with Gasteiger partial charge in [-0.25, -0.2) is 4.79 Å². The summed E-state index contributed by atoms with van der Waals surface area (Å²) in [5, 5.41) is 0. The van der Waals surface area contributed by atoms with Gasteiger partial charge >= 0.3 is 6.09 Å². The normalized spacial score (nSPS) is 14.2. The van der Waals surface area contributed by atoms with Crippen LogP contribution in [-0.2, 0) is 17.8 Å². The zero-order valence-corrected chi connectivity index (χ0v) is 11.8. The topological polar surface area (TPSA) is 64.8 Å². The smallest absolute Gasteiger partial charge is 0.410 e. The van der Waals surface area contributed by atoms with Gasteiger partial charge in [0.2, 0.25) is 0 Å². The van der Waals surface area contributed by atoms with Crippen LogP contribution >= 0.6 is 0 Å². The van der Waals surface area contributed by atoms with Crippen molar-refractivity contribution in [3.05, 3.63) is 23.3 Å². The van der Waals surface area contributed by atoms with Crippen LogP contribution in [0.2, 0.25) is 0 Å². The van der Waals surface area contributed by atoms with Gasteiger partial charge < -0.3 is 15.2 Å². The Bertz CT molecular complexity index is 506. The quantitative estimate of drug-likeness (QED) is 0.792. The lowest BCUT2D eigenvalue weighted by atomic mass is 10.1. The molecule has 1 aliphatic rings. The second kappa shape index (κ2) is 4.64. The van der Waals surface area contributed by atoms with Crippen LogP contribution in [0, 0.1) is 0 Å². The van der Waals surface area contributed by atoms with E-state index in [1.807, 2.05) is 32.9 Å². The first kappa shape index (κ1) is 13.5. The molecule has 0 saturated heterocycles. The maximum atomic E-state index is 12.0. The van der Waals surface area contributed by atoms with Gasteiger partial charge in [0.25, 0.3) is 0 Å². The summed E-state index contributed by atoms with van der Waals surface area (Å²) >= 11 is 0. The Kier molecular flexibility index (Phi) is 3.30. The van der Waals surface area contributed by atoms with Crippen molar-refractivity contribution in [2.24, 2.45) is 0 Å². The third-order valence-corrected chi connectivity index (χ3v) is 3.00. The van der Waals surface area contributed by atoms with Crippen molar-refractivity contribution in [2.75, 3.05) is 12.8 Å². The molecule has 0 aliphatic carbocycles. The van der Waals surface area contributed by atoms with E-state index in [0.717, 1.165) is 11.1 Å². The zero-order chi connectivity index (χ0) is 14.2. The summed E-state index contributed by atoms with van der Waals surface area (Å²) in [6, 6.07) is 3.77. The average molecular weight is 264 g/mol. The lowest BCUT2D eigenvalue weighted by Gasteiger charge is -2.24. The second-order valence-electron chi connectivity index (χ2n) is 5.66. The molecule has 5 nitrogen and oxygen atoms in total. The van der Waals surface area contributed by atoms with Crippen molar-refractivity contribution in [3.8, 4) is 5.75 Å². The van der Waals surface area contributed by atoms with E-state index in [1.54, 1.807) is 12.0 Å². The summed E-state index contributed by atoms with van der Waals surface area (Å²) in [6.07, 6.45) is -0.318. The van der Waals surface area contributed by atoms with Crippen molar-refractivity contribution in [1.29, 1.82) is 0 Å². The Hall–Kier alpha value is -1.91. The molecular weight excluding hydrogens is 244 g/mol. The van der Waals surface area contributed by atoms with E-state index in [0.29, 0.717) is 24.5 Å². The molecule has 0 bridgehead atoms. The molecule has 0 radical (unpaired) electrons. The lowest BCUT2D eigenvalue weighted by molar-refractivity contribution is 0.0242. The molecule has 1 heterocycles. The maximum Gasteiger partial charge on any atom is 0.410 e. The van der Waals surface area contributed by atoms with Gasteiger partial charge in [0, 0.05) is 12.1 Å². The third kappa shape index (κ3) is 2.75. The van der Waals surface area contributed by atoms with Crippen LogP contribution in [0.25, 0.3) is 0 Å². The molecular formula is C14H20N2O3. The largest absolute Gasteiger partial charge is 0.495 e. The van der Waals surface area contributed by atoms with E-state index < -0.39 is 5.60 Å². The predicted octanol–water partition coefficient (Wildman–Crippen LogP) is 2.53. The SMILES string of the molecule is COc1ccc2c(c1N)CN(C(=O)OC(C)(C)C)C2. The molecule has 19 heavy (non-hydrogen) atoms. The van der Waals surface area contributed by atoms with Gasteiger partial charge in [-0.2, -0.15) is 0 Å². The minimum absolute atomic E-state index is 0.318. The van der Waals surface area contributed by atoms with E-state index in [4.69, 9.17) is 15.2 Å². The molecule has 0 fully saturated rings. The number of nitrogens with two attached hydrogens (primary N) is 1. The number of ether oxygens (including phenoxy) is 2. The standard InChI is InChI=1S/C14H20N2O3/c1-14(2,3)19-13(17)16-7-9-5-6-11(18-4)12(15)10(9)8-16/h5-6H,7-8,15H2,1-4H3. The molecule has 1 aromatic carbocycles. The van der Waals surface area contributed by atoms with Crippen molar-refractivity contribution < 1.29 is 14.3 Å².